The topological polar surface area (TPSA) is 33.1 Å². The third-order valence-corrected chi connectivity index (χ3v) is 3.25. The van der Waals surface area contributed by atoms with Crippen molar-refractivity contribution in [2.45, 2.75) is 64.9 Å². The summed E-state index contributed by atoms with van der Waals surface area (Å²) >= 11 is 0. The Labute approximate surface area is 117 Å². The van der Waals surface area contributed by atoms with E-state index in [1.807, 2.05) is 37.3 Å². The molecule has 2 nitrogen and oxygen atoms in total. The fourth-order valence-electron chi connectivity index (χ4n) is 2.10. The average Bonchev–Trinajstić information content (AvgIpc) is 2.40. The predicted molar refractivity (Wildman–Crippen MR) is 82.0 cm³/mol. The molecule has 0 saturated carbocycles. The first kappa shape index (κ1) is 15.9. The molecule has 1 heterocycles. The van der Waals surface area contributed by atoms with E-state index >= 15 is 0 Å². The molecule has 0 spiro atoms. The van der Waals surface area contributed by atoms with Crippen molar-refractivity contribution in [1.82, 2.24) is 4.98 Å². The van der Waals surface area contributed by atoms with Crippen molar-refractivity contribution in [2.24, 2.45) is 0 Å². The summed E-state index contributed by atoms with van der Waals surface area (Å²) in [6.45, 7) is 4.21. The predicted octanol–water partition coefficient (Wildman–Crippen LogP) is 4.51. The summed E-state index contributed by atoms with van der Waals surface area (Å²) in [6, 6.07) is 5.92. The number of hydrogen-bond donors (Lipinski definition) is 1. The van der Waals surface area contributed by atoms with Gasteiger partial charge in [0, 0.05) is 5.69 Å². The van der Waals surface area contributed by atoms with Crippen LogP contribution in [0.5, 0.6) is 0 Å². The van der Waals surface area contributed by atoms with Gasteiger partial charge in [0.25, 0.3) is 0 Å². The highest BCUT2D eigenvalue weighted by atomic mass is 16.3. The number of aliphatic hydroxyl groups excluding tert-OH is 1. The molecule has 0 bridgehead atoms. The van der Waals surface area contributed by atoms with Crippen LogP contribution >= 0.6 is 0 Å². The molecule has 19 heavy (non-hydrogen) atoms. The number of nitrogens with zero attached hydrogens (tertiary/aromatic N) is 1. The van der Waals surface area contributed by atoms with Crippen LogP contribution in [0.4, 0.5) is 0 Å². The third kappa shape index (κ3) is 7.78. The molecule has 1 aromatic heterocycles. The van der Waals surface area contributed by atoms with Crippen LogP contribution in [0.1, 0.15) is 63.3 Å². The van der Waals surface area contributed by atoms with Crippen LogP contribution in [0.2, 0.25) is 0 Å². The molecule has 0 fully saturated rings. The van der Waals surface area contributed by atoms with Gasteiger partial charge < -0.3 is 5.11 Å². The van der Waals surface area contributed by atoms with Crippen LogP contribution < -0.4 is 0 Å². The molecule has 0 amide bonds. The maximum Gasteiger partial charge on any atom is 0.0724 e. The third-order valence-electron chi connectivity index (χ3n) is 3.25. The molecule has 1 atom stereocenters. The van der Waals surface area contributed by atoms with Crippen molar-refractivity contribution in [3.05, 3.63) is 35.7 Å². The Morgan fingerprint density at radius 1 is 1.16 bits per heavy atom. The molecule has 0 aliphatic carbocycles. The molecule has 0 aliphatic heterocycles. The Kier molecular flexibility index (Phi) is 8.15. The molecule has 1 aromatic rings. The van der Waals surface area contributed by atoms with Gasteiger partial charge in [-0.25, -0.2) is 0 Å². The van der Waals surface area contributed by atoms with Gasteiger partial charge in [0.2, 0.25) is 0 Å². The molecular formula is C17H27NO. The number of hydrogen-bond acceptors (Lipinski definition) is 2. The van der Waals surface area contributed by atoms with Crippen LogP contribution in [0.3, 0.4) is 0 Å². The highest BCUT2D eigenvalue weighted by molar-refractivity contribution is 5.45. The van der Waals surface area contributed by atoms with Gasteiger partial charge in [-0.05, 0) is 31.6 Å². The lowest BCUT2D eigenvalue weighted by molar-refractivity contribution is 0.208. The molecule has 1 rings (SSSR count). The zero-order valence-corrected chi connectivity index (χ0v) is 12.3. The van der Waals surface area contributed by atoms with E-state index in [4.69, 9.17) is 0 Å². The number of aryl methyl sites for hydroxylation is 1. The summed E-state index contributed by atoms with van der Waals surface area (Å²) in [6.07, 6.45) is 11.9. The van der Waals surface area contributed by atoms with Crippen LogP contribution in [0.15, 0.2) is 24.3 Å². The minimum Gasteiger partial charge on any atom is -0.389 e. The van der Waals surface area contributed by atoms with E-state index in [1.54, 1.807) is 0 Å². The van der Waals surface area contributed by atoms with Crippen LogP contribution in [-0.4, -0.2) is 16.2 Å². The summed E-state index contributed by atoms with van der Waals surface area (Å²) in [4.78, 5) is 4.38. The fraction of sp³-hybridized carbons (Fsp3) is 0.588. The Morgan fingerprint density at radius 2 is 1.89 bits per heavy atom. The maximum absolute atomic E-state index is 9.87. The van der Waals surface area contributed by atoms with Gasteiger partial charge in [-0.15, -0.1) is 0 Å². The van der Waals surface area contributed by atoms with Gasteiger partial charge in [0.15, 0.2) is 0 Å². The van der Waals surface area contributed by atoms with Crippen LogP contribution in [-0.2, 0) is 0 Å². The summed E-state index contributed by atoms with van der Waals surface area (Å²) in [5.41, 5.74) is 1.93. The Balaban J connectivity index is 2.18. The Bertz CT molecular complexity index is 373. The smallest absolute Gasteiger partial charge is 0.0724 e. The minimum atomic E-state index is -0.339. The summed E-state index contributed by atoms with van der Waals surface area (Å²) in [5, 5.41) is 9.87. The van der Waals surface area contributed by atoms with Gasteiger partial charge in [-0.1, -0.05) is 57.6 Å². The standard InChI is InChI=1S/C17H27NO/c1-3-4-5-6-7-8-12-17(19)14-13-16-11-9-10-15(2)18-16/h9-11,13-14,17,19H,3-8,12H2,1-2H3/b14-13+. The van der Waals surface area contributed by atoms with Crippen molar-refractivity contribution in [1.29, 1.82) is 0 Å². The second-order valence-corrected chi connectivity index (χ2v) is 5.19. The summed E-state index contributed by atoms with van der Waals surface area (Å²) in [7, 11) is 0. The number of aromatic nitrogens is 1. The van der Waals surface area contributed by atoms with E-state index < -0.39 is 0 Å². The molecule has 0 radical (unpaired) electrons. The maximum atomic E-state index is 9.87. The van der Waals surface area contributed by atoms with Gasteiger partial charge in [0.05, 0.1) is 11.8 Å². The largest absolute Gasteiger partial charge is 0.389 e. The van der Waals surface area contributed by atoms with E-state index in [1.165, 1.54) is 32.1 Å². The van der Waals surface area contributed by atoms with Crippen molar-refractivity contribution in [3.63, 3.8) is 0 Å². The molecule has 1 unspecified atom stereocenters. The first-order valence-corrected chi connectivity index (χ1v) is 7.52. The van der Waals surface area contributed by atoms with Crippen molar-refractivity contribution < 1.29 is 5.11 Å². The molecule has 0 aliphatic rings. The molecule has 2 heteroatoms. The zero-order chi connectivity index (χ0) is 13.9. The first-order chi connectivity index (χ1) is 9.22. The molecule has 1 N–H and O–H groups in total. The molecular weight excluding hydrogens is 234 g/mol. The van der Waals surface area contributed by atoms with E-state index in [9.17, 15) is 5.11 Å². The Hall–Kier alpha value is -1.15. The van der Waals surface area contributed by atoms with Gasteiger partial charge in [-0.2, -0.15) is 0 Å². The highest BCUT2D eigenvalue weighted by Gasteiger charge is 1.99. The monoisotopic (exact) mass is 261 g/mol. The van der Waals surface area contributed by atoms with E-state index in [0.29, 0.717) is 0 Å². The summed E-state index contributed by atoms with van der Waals surface area (Å²) in [5.74, 6) is 0. The number of rotatable bonds is 9. The number of aliphatic hydroxyl groups is 1. The normalized spacial score (nSPS) is 13.0. The second-order valence-electron chi connectivity index (χ2n) is 5.19. The summed E-state index contributed by atoms with van der Waals surface area (Å²) < 4.78 is 0. The molecule has 0 aromatic carbocycles. The first-order valence-electron chi connectivity index (χ1n) is 7.52. The van der Waals surface area contributed by atoms with Crippen molar-refractivity contribution in [2.75, 3.05) is 0 Å². The van der Waals surface area contributed by atoms with Gasteiger partial charge in [-0.3, -0.25) is 4.98 Å². The van der Waals surface area contributed by atoms with E-state index in [2.05, 4.69) is 11.9 Å². The molecule has 0 saturated heterocycles. The van der Waals surface area contributed by atoms with Gasteiger partial charge >= 0.3 is 0 Å². The van der Waals surface area contributed by atoms with Crippen LogP contribution in [0.25, 0.3) is 6.08 Å². The van der Waals surface area contributed by atoms with E-state index in [0.717, 1.165) is 24.2 Å². The number of unbranched alkanes of at least 4 members (excludes halogenated alkanes) is 5. The van der Waals surface area contributed by atoms with E-state index in [-0.39, 0.29) is 6.10 Å². The SMILES string of the molecule is CCCCCCCCC(O)/C=C/c1cccc(C)n1. The zero-order valence-electron chi connectivity index (χ0n) is 12.3. The highest BCUT2D eigenvalue weighted by Crippen LogP contribution is 2.10. The Morgan fingerprint density at radius 3 is 2.63 bits per heavy atom. The van der Waals surface area contributed by atoms with Crippen molar-refractivity contribution >= 4 is 6.08 Å². The fourth-order valence-corrected chi connectivity index (χ4v) is 2.10. The lowest BCUT2D eigenvalue weighted by atomic mass is 10.1. The van der Waals surface area contributed by atoms with Crippen LogP contribution in [0, 0.1) is 6.92 Å². The second kappa shape index (κ2) is 9.74. The minimum absolute atomic E-state index is 0.339. The quantitative estimate of drug-likeness (QED) is 0.663. The van der Waals surface area contributed by atoms with Crippen molar-refractivity contribution in [3.8, 4) is 0 Å². The lowest BCUT2D eigenvalue weighted by Gasteiger charge is -2.05. The number of pyridine rings is 1. The molecule has 106 valence electrons. The lowest BCUT2D eigenvalue weighted by Crippen LogP contribution is -2.01. The van der Waals surface area contributed by atoms with Gasteiger partial charge in [0.1, 0.15) is 0 Å². The average molecular weight is 261 g/mol.